The number of benzene rings is 1. The third-order valence-corrected chi connectivity index (χ3v) is 2.08. The molecule has 0 saturated carbocycles. The van der Waals surface area contributed by atoms with Gasteiger partial charge in [0, 0.05) is 11.8 Å². The molecule has 1 rings (SSSR count). The number of carbonyl (C=O) groups is 1. The van der Waals surface area contributed by atoms with Gasteiger partial charge in [-0.15, -0.1) is 0 Å². The molecule has 0 radical (unpaired) electrons. The quantitative estimate of drug-likeness (QED) is 0.816. The Kier molecular flexibility index (Phi) is 4.22. The van der Waals surface area contributed by atoms with Crippen LogP contribution in [-0.2, 0) is 4.79 Å². The zero-order chi connectivity index (χ0) is 12.1. The largest absolute Gasteiger partial charge is 0.480 e. The molecule has 88 valence electrons. The van der Waals surface area contributed by atoms with Crippen molar-refractivity contribution >= 4 is 11.7 Å². The van der Waals surface area contributed by atoms with Crippen molar-refractivity contribution in [2.45, 2.75) is 25.8 Å². The van der Waals surface area contributed by atoms with Gasteiger partial charge in [-0.3, -0.25) is 0 Å². The highest BCUT2D eigenvalue weighted by molar-refractivity contribution is 5.77. The van der Waals surface area contributed by atoms with Crippen molar-refractivity contribution in [2.24, 2.45) is 0 Å². The van der Waals surface area contributed by atoms with Crippen molar-refractivity contribution in [3.8, 4) is 0 Å². The summed E-state index contributed by atoms with van der Waals surface area (Å²) in [5, 5.41) is 11.4. The minimum Gasteiger partial charge on any atom is -0.480 e. The van der Waals surface area contributed by atoms with Crippen molar-refractivity contribution in [1.29, 1.82) is 0 Å². The Morgan fingerprint density at radius 3 is 2.38 bits per heavy atom. The van der Waals surface area contributed by atoms with E-state index in [1.807, 2.05) is 6.92 Å². The highest BCUT2D eigenvalue weighted by Crippen LogP contribution is 2.15. The van der Waals surface area contributed by atoms with Gasteiger partial charge < -0.3 is 10.4 Å². The lowest BCUT2D eigenvalue weighted by molar-refractivity contribution is -0.138. The first-order valence-corrected chi connectivity index (χ1v) is 4.98. The maximum absolute atomic E-state index is 12.8. The van der Waals surface area contributed by atoms with Crippen LogP contribution in [0.5, 0.6) is 0 Å². The summed E-state index contributed by atoms with van der Waals surface area (Å²) >= 11 is 0. The van der Waals surface area contributed by atoms with Gasteiger partial charge in [0.25, 0.3) is 0 Å². The Bertz CT molecular complexity index is 362. The van der Waals surface area contributed by atoms with Crippen molar-refractivity contribution in [3.05, 3.63) is 29.8 Å². The van der Waals surface area contributed by atoms with Crippen LogP contribution in [0.3, 0.4) is 0 Å². The normalized spacial score (nSPS) is 12.2. The van der Waals surface area contributed by atoms with Gasteiger partial charge in [-0.2, -0.15) is 0 Å². The minimum absolute atomic E-state index is 0.137. The lowest BCUT2D eigenvalue weighted by Gasteiger charge is -2.14. The zero-order valence-electron chi connectivity index (χ0n) is 8.84. The summed E-state index contributed by atoms with van der Waals surface area (Å²) in [7, 11) is 0. The van der Waals surface area contributed by atoms with Crippen LogP contribution >= 0.6 is 0 Å². The second-order valence-electron chi connectivity index (χ2n) is 3.48. The van der Waals surface area contributed by atoms with Crippen LogP contribution in [-0.4, -0.2) is 17.1 Å². The molecule has 1 atom stereocenters. The lowest BCUT2D eigenvalue weighted by atomic mass is 10.1. The number of halogens is 2. The average molecular weight is 229 g/mol. The third-order valence-electron chi connectivity index (χ3n) is 2.08. The molecule has 1 aromatic rings. The molecule has 0 spiro atoms. The van der Waals surface area contributed by atoms with E-state index in [-0.39, 0.29) is 5.69 Å². The molecule has 3 nitrogen and oxygen atoms in total. The highest BCUT2D eigenvalue weighted by atomic mass is 19.1. The maximum Gasteiger partial charge on any atom is 0.326 e. The van der Waals surface area contributed by atoms with E-state index < -0.39 is 23.6 Å². The standard InChI is InChI=1S/C11H13F2NO2/c1-2-3-10(11(15)16)14-9-5-7(12)4-8(13)6-9/h4-6,10,14H,2-3H2,1H3,(H,15,16). The van der Waals surface area contributed by atoms with E-state index in [9.17, 15) is 13.6 Å². The van der Waals surface area contributed by atoms with Crippen LogP contribution in [0.1, 0.15) is 19.8 Å². The summed E-state index contributed by atoms with van der Waals surface area (Å²) in [5.41, 5.74) is 0.137. The lowest BCUT2D eigenvalue weighted by Crippen LogP contribution is -2.29. The van der Waals surface area contributed by atoms with Crippen molar-refractivity contribution in [3.63, 3.8) is 0 Å². The first-order chi connectivity index (χ1) is 7.52. The van der Waals surface area contributed by atoms with Gasteiger partial charge in [0.05, 0.1) is 0 Å². The van der Waals surface area contributed by atoms with Crippen molar-refractivity contribution < 1.29 is 18.7 Å². The summed E-state index contributed by atoms with van der Waals surface area (Å²) in [4.78, 5) is 10.8. The van der Waals surface area contributed by atoms with Crippen LogP contribution in [0.2, 0.25) is 0 Å². The van der Waals surface area contributed by atoms with E-state index in [2.05, 4.69) is 5.32 Å². The van der Waals surface area contributed by atoms with Gasteiger partial charge in [-0.25, -0.2) is 13.6 Å². The number of aliphatic carboxylic acids is 1. The molecule has 0 heterocycles. The Hall–Kier alpha value is -1.65. The maximum atomic E-state index is 12.8. The van der Waals surface area contributed by atoms with E-state index >= 15 is 0 Å². The fourth-order valence-corrected chi connectivity index (χ4v) is 1.38. The topological polar surface area (TPSA) is 49.3 Å². The average Bonchev–Trinajstić information content (AvgIpc) is 2.15. The second kappa shape index (κ2) is 5.44. The summed E-state index contributed by atoms with van der Waals surface area (Å²) < 4.78 is 25.7. The number of rotatable bonds is 5. The van der Waals surface area contributed by atoms with Crippen LogP contribution in [0.4, 0.5) is 14.5 Å². The predicted octanol–water partition coefficient (Wildman–Crippen LogP) is 2.63. The molecule has 1 aromatic carbocycles. The number of hydrogen-bond donors (Lipinski definition) is 2. The number of nitrogens with one attached hydrogen (secondary N) is 1. The van der Waals surface area contributed by atoms with Crippen LogP contribution in [0, 0.1) is 11.6 Å². The van der Waals surface area contributed by atoms with E-state index in [1.165, 1.54) is 0 Å². The first kappa shape index (κ1) is 12.4. The summed E-state index contributed by atoms with van der Waals surface area (Å²) in [6.07, 6.45) is 1.06. The smallest absolute Gasteiger partial charge is 0.326 e. The zero-order valence-corrected chi connectivity index (χ0v) is 8.84. The van der Waals surface area contributed by atoms with Gasteiger partial charge in [0.2, 0.25) is 0 Å². The molecule has 0 bridgehead atoms. The number of carboxylic acid groups (broad SMARTS) is 1. The molecule has 0 aliphatic rings. The fraction of sp³-hybridized carbons (Fsp3) is 0.364. The first-order valence-electron chi connectivity index (χ1n) is 4.98. The predicted molar refractivity (Wildman–Crippen MR) is 56.3 cm³/mol. The molecule has 2 N–H and O–H groups in total. The molecule has 0 aromatic heterocycles. The van der Waals surface area contributed by atoms with Crippen molar-refractivity contribution in [1.82, 2.24) is 0 Å². The van der Waals surface area contributed by atoms with Gasteiger partial charge in [-0.1, -0.05) is 13.3 Å². The van der Waals surface area contributed by atoms with E-state index in [0.29, 0.717) is 12.8 Å². The van der Waals surface area contributed by atoms with E-state index in [4.69, 9.17) is 5.11 Å². The summed E-state index contributed by atoms with van der Waals surface area (Å²) in [5.74, 6) is -2.50. The molecule has 0 aliphatic carbocycles. The van der Waals surface area contributed by atoms with E-state index in [1.54, 1.807) is 0 Å². The summed E-state index contributed by atoms with van der Waals surface area (Å²) in [6.45, 7) is 1.84. The molecule has 16 heavy (non-hydrogen) atoms. The SMILES string of the molecule is CCCC(Nc1cc(F)cc(F)c1)C(=O)O. The monoisotopic (exact) mass is 229 g/mol. The molecular formula is C11H13F2NO2. The Labute approximate surface area is 92.1 Å². The molecular weight excluding hydrogens is 216 g/mol. The molecule has 0 saturated heterocycles. The molecule has 0 fully saturated rings. The number of carboxylic acids is 1. The van der Waals surface area contributed by atoms with Crippen LogP contribution in [0.25, 0.3) is 0 Å². The van der Waals surface area contributed by atoms with Gasteiger partial charge in [0.1, 0.15) is 17.7 Å². The molecule has 0 aliphatic heterocycles. The highest BCUT2D eigenvalue weighted by Gasteiger charge is 2.16. The Balaban J connectivity index is 2.80. The molecule has 1 unspecified atom stereocenters. The molecule has 5 heteroatoms. The Morgan fingerprint density at radius 1 is 1.38 bits per heavy atom. The minimum atomic E-state index is -1.04. The summed E-state index contributed by atoms with van der Waals surface area (Å²) in [6, 6.07) is 2.04. The number of hydrogen-bond acceptors (Lipinski definition) is 2. The number of anilines is 1. The van der Waals surface area contributed by atoms with Crippen LogP contribution in [0.15, 0.2) is 18.2 Å². The van der Waals surface area contributed by atoms with Crippen LogP contribution < -0.4 is 5.32 Å². The second-order valence-corrected chi connectivity index (χ2v) is 3.48. The van der Waals surface area contributed by atoms with Gasteiger partial charge in [0.15, 0.2) is 0 Å². The van der Waals surface area contributed by atoms with Crippen molar-refractivity contribution in [2.75, 3.05) is 5.32 Å². The van der Waals surface area contributed by atoms with Gasteiger partial charge >= 0.3 is 5.97 Å². The molecule has 0 amide bonds. The third kappa shape index (κ3) is 3.49. The van der Waals surface area contributed by atoms with Gasteiger partial charge in [-0.05, 0) is 18.6 Å². The van der Waals surface area contributed by atoms with E-state index in [0.717, 1.165) is 18.2 Å². The fourth-order valence-electron chi connectivity index (χ4n) is 1.38. The Morgan fingerprint density at radius 2 is 1.94 bits per heavy atom.